The molecule has 0 aliphatic heterocycles. The van der Waals surface area contributed by atoms with Crippen LogP contribution in [-0.2, 0) is 9.84 Å². The number of alkyl halides is 2. The molecule has 0 aromatic heterocycles. The molecule has 0 aliphatic carbocycles. The van der Waals surface area contributed by atoms with Crippen molar-refractivity contribution in [1.29, 1.82) is 0 Å². The molecule has 0 unspecified atom stereocenters. The van der Waals surface area contributed by atoms with Gasteiger partial charge in [0.1, 0.15) is 11.5 Å². The van der Waals surface area contributed by atoms with E-state index in [1.807, 2.05) is 0 Å². The molecule has 2 rings (SSSR count). The van der Waals surface area contributed by atoms with Crippen LogP contribution in [0.1, 0.15) is 5.56 Å². The Hall–Kier alpha value is -2.55. The monoisotopic (exact) mass is 343 g/mol. The average Bonchev–Trinajstić information content (AvgIpc) is 2.47. The Labute approximate surface area is 130 Å². The normalized spacial score (nSPS) is 11.5. The second-order valence-electron chi connectivity index (χ2n) is 4.58. The molecule has 6 nitrogen and oxygen atoms in total. The second kappa shape index (κ2) is 6.29. The smallest absolute Gasteiger partial charge is 0.341 e. The van der Waals surface area contributed by atoms with E-state index < -0.39 is 25.4 Å². The predicted octanol–water partition coefficient (Wildman–Crippen LogP) is 3.69. The number of nitro groups is 1. The Morgan fingerprint density at radius 3 is 2.13 bits per heavy atom. The van der Waals surface area contributed by atoms with Gasteiger partial charge >= 0.3 is 5.76 Å². The van der Waals surface area contributed by atoms with Crippen LogP contribution in [0.2, 0.25) is 0 Å². The van der Waals surface area contributed by atoms with Gasteiger partial charge in [-0.15, -0.1) is 0 Å². The maximum Gasteiger partial charge on any atom is 0.341 e. The highest BCUT2D eigenvalue weighted by Crippen LogP contribution is 2.28. The van der Waals surface area contributed by atoms with Crippen LogP contribution in [-0.4, -0.2) is 19.1 Å². The molecule has 23 heavy (non-hydrogen) atoms. The van der Waals surface area contributed by atoms with Gasteiger partial charge in [0.05, 0.1) is 9.82 Å². The zero-order valence-electron chi connectivity index (χ0n) is 11.8. The lowest BCUT2D eigenvalue weighted by molar-refractivity contribution is -0.385. The fourth-order valence-corrected chi connectivity index (χ4v) is 2.55. The molecule has 0 N–H and O–H groups in total. The van der Waals surface area contributed by atoms with E-state index in [1.165, 1.54) is 30.3 Å². The van der Waals surface area contributed by atoms with Gasteiger partial charge in [-0.3, -0.25) is 10.1 Å². The minimum atomic E-state index is -4.65. The molecule has 0 amide bonds. The minimum Gasteiger partial charge on any atom is -0.457 e. The number of nitrogens with zero attached hydrogens (tertiary/aromatic N) is 1. The zero-order chi connectivity index (χ0) is 17.2. The molecule has 0 atom stereocenters. The van der Waals surface area contributed by atoms with Gasteiger partial charge in [0, 0.05) is 11.6 Å². The van der Waals surface area contributed by atoms with E-state index >= 15 is 0 Å². The fourth-order valence-electron chi connectivity index (χ4n) is 1.83. The lowest BCUT2D eigenvalue weighted by Gasteiger charge is -2.08. The summed E-state index contributed by atoms with van der Waals surface area (Å²) in [6.07, 6.45) is 0. The summed E-state index contributed by atoms with van der Waals surface area (Å²) in [5, 5.41) is 10.7. The lowest BCUT2D eigenvalue weighted by atomic mass is 10.2. The molecular formula is C14H11F2NO5S. The summed E-state index contributed by atoms with van der Waals surface area (Å²) in [5.74, 6) is -2.98. The van der Waals surface area contributed by atoms with E-state index in [0.29, 0.717) is 11.3 Å². The Morgan fingerprint density at radius 1 is 1.09 bits per heavy atom. The summed E-state index contributed by atoms with van der Waals surface area (Å²) in [7, 11) is -4.65. The third-order valence-electron chi connectivity index (χ3n) is 2.99. The highest BCUT2D eigenvalue weighted by Gasteiger charge is 2.26. The molecule has 0 spiro atoms. The van der Waals surface area contributed by atoms with Crippen LogP contribution >= 0.6 is 0 Å². The van der Waals surface area contributed by atoms with E-state index in [0.717, 1.165) is 12.1 Å². The summed E-state index contributed by atoms with van der Waals surface area (Å²) in [6.45, 7) is 1.54. The number of benzene rings is 2. The van der Waals surface area contributed by atoms with E-state index in [1.54, 1.807) is 6.92 Å². The van der Waals surface area contributed by atoms with Crippen molar-refractivity contribution in [2.24, 2.45) is 0 Å². The van der Waals surface area contributed by atoms with Crippen LogP contribution in [0.4, 0.5) is 14.5 Å². The Balaban J connectivity index is 2.22. The summed E-state index contributed by atoms with van der Waals surface area (Å²) < 4.78 is 52.8. The Morgan fingerprint density at radius 2 is 1.65 bits per heavy atom. The van der Waals surface area contributed by atoms with Crippen molar-refractivity contribution < 1.29 is 26.9 Å². The van der Waals surface area contributed by atoms with Crippen molar-refractivity contribution in [2.45, 2.75) is 17.6 Å². The van der Waals surface area contributed by atoms with Crippen LogP contribution in [0.15, 0.2) is 47.4 Å². The van der Waals surface area contributed by atoms with Gasteiger partial charge in [-0.25, -0.2) is 8.42 Å². The Kier molecular flexibility index (Phi) is 4.60. The Bertz CT molecular complexity index is 835. The van der Waals surface area contributed by atoms with E-state index in [-0.39, 0.29) is 11.4 Å². The van der Waals surface area contributed by atoms with Crippen molar-refractivity contribution in [3.8, 4) is 11.5 Å². The number of aryl methyl sites for hydroxylation is 1. The molecule has 0 heterocycles. The standard InChI is InChI=1S/C14H11F2NO5S/c1-9-8-11(4-7-13(9)17(18)19)22-10-2-5-12(6-3-10)23(20,21)14(15)16/h2-8,14H,1H3. The van der Waals surface area contributed by atoms with Crippen LogP contribution < -0.4 is 4.74 Å². The number of nitro benzene ring substituents is 1. The van der Waals surface area contributed by atoms with Gasteiger partial charge < -0.3 is 4.74 Å². The van der Waals surface area contributed by atoms with Crippen LogP contribution in [0.3, 0.4) is 0 Å². The molecule has 0 aliphatic rings. The third-order valence-corrected chi connectivity index (χ3v) is 4.39. The number of halogens is 2. The highest BCUT2D eigenvalue weighted by molar-refractivity contribution is 7.91. The SMILES string of the molecule is Cc1cc(Oc2ccc(S(=O)(=O)C(F)F)cc2)ccc1[N+](=O)[O-]. The summed E-state index contributed by atoms with van der Waals surface area (Å²) in [6, 6.07) is 8.58. The number of hydrogen-bond donors (Lipinski definition) is 0. The number of sulfone groups is 1. The van der Waals surface area contributed by atoms with Crippen molar-refractivity contribution >= 4 is 15.5 Å². The maximum atomic E-state index is 12.4. The molecule has 0 fully saturated rings. The van der Waals surface area contributed by atoms with Crippen molar-refractivity contribution in [3.63, 3.8) is 0 Å². The molecule has 122 valence electrons. The van der Waals surface area contributed by atoms with Gasteiger partial charge in [0.15, 0.2) is 0 Å². The van der Waals surface area contributed by atoms with Gasteiger partial charge in [0.25, 0.3) is 5.69 Å². The molecule has 0 saturated carbocycles. The van der Waals surface area contributed by atoms with Crippen molar-refractivity contribution in [3.05, 3.63) is 58.1 Å². The van der Waals surface area contributed by atoms with E-state index in [9.17, 15) is 27.3 Å². The molecule has 2 aromatic carbocycles. The topological polar surface area (TPSA) is 86.5 Å². The van der Waals surface area contributed by atoms with Gasteiger partial charge in [-0.1, -0.05) is 0 Å². The predicted molar refractivity (Wildman–Crippen MR) is 77.5 cm³/mol. The van der Waals surface area contributed by atoms with Crippen LogP contribution in [0.5, 0.6) is 11.5 Å². The van der Waals surface area contributed by atoms with Crippen molar-refractivity contribution in [2.75, 3.05) is 0 Å². The van der Waals surface area contributed by atoms with Crippen molar-refractivity contribution in [1.82, 2.24) is 0 Å². The fraction of sp³-hybridized carbons (Fsp3) is 0.143. The van der Waals surface area contributed by atoms with E-state index in [2.05, 4.69) is 0 Å². The zero-order valence-corrected chi connectivity index (χ0v) is 12.6. The summed E-state index contributed by atoms with van der Waals surface area (Å²) in [4.78, 5) is 9.69. The molecular weight excluding hydrogens is 332 g/mol. The molecule has 0 saturated heterocycles. The number of hydrogen-bond acceptors (Lipinski definition) is 5. The first-order valence-electron chi connectivity index (χ1n) is 6.27. The maximum absolute atomic E-state index is 12.4. The van der Waals surface area contributed by atoms with Gasteiger partial charge in [0.2, 0.25) is 9.84 Å². The van der Waals surface area contributed by atoms with E-state index in [4.69, 9.17) is 4.74 Å². The molecule has 9 heteroatoms. The molecule has 2 aromatic rings. The quantitative estimate of drug-likeness (QED) is 0.610. The minimum absolute atomic E-state index is 0.0595. The number of rotatable bonds is 5. The van der Waals surface area contributed by atoms with Crippen LogP contribution in [0, 0.1) is 17.0 Å². The van der Waals surface area contributed by atoms with Gasteiger partial charge in [-0.05, 0) is 43.3 Å². The van der Waals surface area contributed by atoms with Crippen LogP contribution in [0.25, 0.3) is 0 Å². The molecule has 0 bridgehead atoms. The average molecular weight is 343 g/mol. The lowest BCUT2D eigenvalue weighted by Crippen LogP contribution is -2.11. The highest BCUT2D eigenvalue weighted by atomic mass is 32.2. The largest absolute Gasteiger partial charge is 0.457 e. The second-order valence-corrected chi connectivity index (χ2v) is 6.50. The first kappa shape index (κ1) is 16.8. The summed E-state index contributed by atoms with van der Waals surface area (Å²) >= 11 is 0. The first-order chi connectivity index (χ1) is 10.7. The van der Waals surface area contributed by atoms with Gasteiger partial charge in [-0.2, -0.15) is 8.78 Å². The molecule has 0 radical (unpaired) electrons. The summed E-state index contributed by atoms with van der Waals surface area (Å²) in [5.41, 5.74) is 0.333. The third kappa shape index (κ3) is 3.62. The first-order valence-corrected chi connectivity index (χ1v) is 7.81. The number of ether oxygens (including phenoxy) is 1.